The number of aryl methyl sites for hydroxylation is 3. The first-order valence-corrected chi connectivity index (χ1v) is 7.22. The van der Waals surface area contributed by atoms with E-state index in [1.54, 1.807) is 0 Å². The number of nitrogens with zero attached hydrogens (tertiary/aromatic N) is 2. The predicted octanol–water partition coefficient (Wildman–Crippen LogP) is 4.28. The molecule has 1 atom stereocenters. The number of benzene rings is 1. The highest BCUT2D eigenvalue weighted by Crippen LogP contribution is 2.27. The molecule has 0 amide bonds. The second-order valence-corrected chi connectivity index (χ2v) is 5.89. The Morgan fingerprint density at radius 2 is 1.95 bits per heavy atom. The van der Waals surface area contributed by atoms with Crippen LogP contribution in [0.15, 0.2) is 22.7 Å². The van der Waals surface area contributed by atoms with E-state index in [4.69, 9.17) is 0 Å². The number of anilines is 1. The molecule has 0 aliphatic carbocycles. The molecule has 0 fully saturated rings. The molecule has 0 spiro atoms. The lowest BCUT2D eigenvalue weighted by Gasteiger charge is -2.17. The Balaban J connectivity index is 2.25. The molecule has 0 aliphatic rings. The van der Waals surface area contributed by atoms with Crippen LogP contribution in [-0.2, 0) is 7.05 Å². The fourth-order valence-corrected chi connectivity index (χ4v) is 2.80. The van der Waals surface area contributed by atoms with Gasteiger partial charge in [0.05, 0.1) is 11.7 Å². The largest absolute Gasteiger partial charge is 0.378 e. The molecule has 1 N–H and O–H groups in total. The van der Waals surface area contributed by atoms with Gasteiger partial charge < -0.3 is 5.32 Å². The van der Waals surface area contributed by atoms with Crippen LogP contribution < -0.4 is 5.32 Å². The molecule has 19 heavy (non-hydrogen) atoms. The Morgan fingerprint density at radius 3 is 2.47 bits per heavy atom. The van der Waals surface area contributed by atoms with Gasteiger partial charge in [-0.25, -0.2) is 0 Å². The third kappa shape index (κ3) is 2.84. The summed E-state index contributed by atoms with van der Waals surface area (Å²) in [6, 6.07) is 6.58. The van der Waals surface area contributed by atoms with Crippen LogP contribution >= 0.6 is 15.9 Å². The Kier molecular flexibility index (Phi) is 3.99. The maximum atomic E-state index is 4.47. The topological polar surface area (TPSA) is 29.9 Å². The van der Waals surface area contributed by atoms with Gasteiger partial charge >= 0.3 is 0 Å². The lowest BCUT2D eigenvalue weighted by molar-refractivity contribution is 0.728. The maximum absolute atomic E-state index is 4.47. The minimum Gasteiger partial charge on any atom is -0.378 e. The number of hydrogen-bond acceptors (Lipinski definition) is 2. The van der Waals surface area contributed by atoms with Crippen LogP contribution in [0, 0.1) is 20.8 Å². The Bertz CT molecular complexity index is 602. The number of nitrogens with one attached hydrogen (secondary N) is 1. The van der Waals surface area contributed by atoms with Crippen molar-refractivity contribution in [3.8, 4) is 0 Å². The van der Waals surface area contributed by atoms with Crippen LogP contribution in [0.25, 0.3) is 0 Å². The summed E-state index contributed by atoms with van der Waals surface area (Å²) < 4.78 is 3.07. The third-order valence-electron chi connectivity index (χ3n) is 3.55. The molecule has 0 saturated carbocycles. The van der Waals surface area contributed by atoms with E-state index >= 15 is 0 Å². The normalized spacial score (nSPS) is 12.5. The van der Waals surface area contributed by atoms with Gasteiger partial charge in [-0.15, -0.1) is 0 Å². The average Bonchev–Trinajstić information content (AvgIpc) is 2.58. The predicted molar refractivity (Wildman–Crippen MR) is 83.6 cm³/mol. The lowest BCUT2D eigenvalue weighted by Crippen LogP contribution is -2.09. The summed E-state index contributed by atoms with van der Waals surface area (Å²) in [6.07, 6.45) is 0. The molecule has 0 saturated heterocycles. The van der Waals surface area contributed by atoms with Gasteiger partial charge in [0.1, 0.15) is 0 Å². The van der Waals surface area contributed by atoms with Gasteiger partial charge in [0, 0.05) is 28.5 Å². The van der Waals surface area contributed by atoms with E-state index in [0.29, 0.717) is 0 Å². The Labute approximate surface area is 123 Å². The number of hydrogen-bond donors (Lipinski definition) is 1. The quantitative estimate of drug-likeness (QED) is 0.914. The first-order valence-electron chi connectivity index (χ1n) is 6.43. The van der Waals surface area contributed by atoms with E-state index in [1.807, 2.05) is 11.7 Å². The monoisotopic (exact) mass is 321 g/mol. The molecule has 0 radical (unpaired) electrons. The minimum absolute atomic E-state index is 0.239. The van der Waals surface area contributed by atoms with Gasteiger partial charge in [0.15, 0.2) is 0 Å². The molecule has 1 unspecified atom stereocenters. The smallest absolute Gasteiger partial charge is 0.0649 e. The highest BCUT2D eigenvalue weighted by molar-refractivity contribution is 9.10. The van der Waals surface area contributed by atoms with E-state index in [9.17, 15) is 0 Å². The van der Waals surface area contributed by atoms with Gasteiger partial charge in [0.25, 0.3) is 0 Å². The van der Waals surface area contributed by atoms with Gasteiger partial charge in [-0.1, -0.05) is 22.0 Å². The maximum Gasteiger partial charge on any atom is 0.0649 e. The van der Waals surface area contributed by atoms with Crippen LogP contribution in [0.1, 0.15) is 35.5 Å². The minimum atomic E-state index is 0.239. The van der Waals surface area contributed by atoms with Crippen molar-refractivity contribution < 1.29 is 0 Å². The SMILES string of the molecule is Cc1ccc(NC(C)c2c(C)nn(C)c2C)cc1Br. The molecule has 1 heterocycles. The molecular weight excluding hydrogens is 302 g/mol. The van der Waals surface area contributed by atoms with Crippen molar-refractivity contribution in [1.29, 1.82) is 0 Å². The van der Waals surface area contributed by atoms with Crippen molar-refractivity contribution in [3.05, 3.63) is 45.2 Å². The van der Waals surface area contributed by atoms with Crippen LogP contribution in [0.2, 0.25) is 0 Å². The number of aromatic nitrogens is 2. The van der Waals surface area contributed by atoms with E-state index in [-0.39, 0.29) is 6.04 Å². The van der Waals surface area contributed by atoms with Gasteiger partial charge in [-0.05, 0) is 45.4 Å². The molecule has 0 aliphatic heterocycles. The molecule has 4 heteroatoms. The Morgan fingerprint density at radius 1 is 1.26 bits per heavy atom. The molecule has 1 aromatic carbocycles. The zero-order valence-corrected chi connectivity index (χ0v) is 13.7. The Hall–Kier alpha value is -1.29. The fraction of sp³-hybridized carbons (Fsp3) is 0.400. The molecule has 2 aromatic rings. The first kappa shape index (κ1) is 14.1. The van der Waals surface area contributed by atoms with Crippen molar-refractivity contribution >= 4 is 21.6 Å². The number of halogens is 1. The molecule has 102 valence electrons. The van der Waals surface area contributed by atoms with Crippen molar-refractivity contribution in [1.82, 2.24) is 9.78 Å². The van der Waals surface area contributed by atoms with E-state index in [0.717, 1.165) is 15.9 Å². The fourth-order valence-electron chi connectivity index (χ4n) is 2.42. The van der Waals surface area contributed by atoms with Crippen LogP contribution in [0.5, 0.6) is 0 Å². The summed E-state index contributed by atoms with van der Waals surface area (Å²) in [5.41, 5.74) is 5.94. The molecule has 3 nitrogen and oxygen atoms in total. The van der Waals surface area contributed by atoms with Crippen molar-refractivity contribution in [3.63, 3.8) is 0 Å². The zero-order valence-electron chi connectivity index (χ0n) is 12.1. The van der Waals surface area contributed by atoms with Gasteiger partial charge in [0.2, 0.25) is 0 Å². The van der Waals surface area contributed by atoms with Crippen molar-refractivity contribution in [2.75, 3.05) is 5.32 Å². The zero-order chi connectivity index (χ0) is 14.2. The first-order chi connectivity index (χ1) is 8.90. The van der Waals surface area contributed by atoms with Crippen molar-refractivity contribution in [2.45, 2.75) is 33.7 Å². The highest BCUT2D eigenvalue weighted by atomic mass is 79.9. The lowest BCUT2D eigenvalue weighted by atomic mass is 10.1. The summed E-state index contributed by atoms with van der Waals surface area (Å²) >= 11 is 3.57. The molecule has 1 aromatic heterocycles. The molecule has 0 bridgehead atoms. The molecule has 2 rings (SSSR count). The summed E-state index contributed by atoms with van der Waals surface area (Å²) in [6.45, 7) is 8.43. The summed E-state index contributed by atoms with van der Waals surface area (Å²) in [7, 11) is 1.99. The summed E-state index contributed by atoms with van der Waals surface area (Å²) in [5, 5.41) is 8.01. The van der Waals surface area contributed by atoms with E-state index in [1.165, 1.54) is 16.8 Å². The highest BCUT2D eigenvalue weighted by Gasteiger charge is 2.16. The third-order valence-corrected chi connectivity index (χ3v) is 4.41. The van der Waals surface area contributed by atoms with Crippen molar-refractivity contribution in [2.24, 2.45) is 7.05 Å². The molecular formula is C15H20BrN3. The van der Waals surface area contributed by atoms with Gasteiger partial charge in [-0.2, -0.15) is 5.10 Å². The van der Waals surface area contributed by atoms with Gasteiger partial charge in [-0.3, -0.25) is 4.68 Å². The second kappa shape index (κ2) is 5.37. The summed E-state index contributed by atoms with van der Waals surface area (Å²) in [5.74, 6) is 0. The summed E-state index contributed by atoms with van der Waals surface area (Å²) in [4.78, 5) is 0. The standard InChI is InChI=1S/C15H20BrN3/c1-9-6-7-13(8-14(9)16)17-10(2)15-11(3)18-19(5)12(15)4/h6-8,10,17H,1-5H3. The van der Waals surface area contributed by atoms with E-state index < -0.39 is 0 Å². The van der Waals surface area contributed by atoms with Crippen LogP contribution in [0.3, 0.4) is 0 Å². The average molecular weight is 322 g/mol. The van der Waals surface area contributed by atoms with Crippen LogP contribution in [-0.4, -0.2) is 9.78 Å². The van der Waals surface area contributed by atoms with Crippen LogP contribution in [0.4, 0.5) is 5.69 Å². The second-order valence-electron chi connectivity index (χ2n) is 5.04. The van der Waals surface area contributed by atoms with E-state index in [2.05, 4.69) is 72.2 Å². The number of rotatable bonds is 3.